The minimum absolute atomic E-state index is 0.572. The molecule has 19 heavy (non-hydrogen) atoms. The topological polar surface area (TPSA) is 24.4 Å². The number of aryl methyl sites for hydroxylation is 2. The highest BCUT2D eigenvalue weighted by Crippen LogP contribution is 2.34. The SMILES string of the molecule is Cc1ccc(NC2=NC3CCCCC3CS2)c(C)c1. The van der Waals surface area contributed by atoms with E-state index in [-0.39, 0.29) is 0 Å². The largest absolute Gasteiger partial charge is 0.335 e. The Labute approximate surface area is 120 Å². The molecule has 1 fully saturated rings. The molecular weight excluding hydrogens is 252 g/mol. The summed E-state index contributed by atoms with van der Waals surface area (Å²) in [6.07, 6.45) is 5.41. The Balaban J connectivity index is 1.74. The van der Waals surface area contributed by atoms with Gasteiger partial charge in [0.25, 0.3) is 0 Å². The maximum Gasteiger partial charge on any atom is 0.161 e. The number of fused-ring (bicyclic) bond motifs is 1. The second-order valence-electron chi connectivity index (χ2n) is 5.80. The molecule has 3 heteroatoms. The molecule has 1 aromatic carbocycles. The maximum absolute atomic E-state index is 4.93. The van der Waals surface area contributed by atoms with Gasteiger partial charge in [-0.15, -0.1) is 0 Å². The number of aliphatic imine (C=N–C) groups is 1. The van der Waals surface area contributed by atoms with Crippen LogP contribution in [0.3, 0.4) is 0 Å². The van der Waals surface area contributed by atoms with Gasteiger partial charge in [-0.1, -0.05) is 42.3 Å². The number of nitrogens with zero attached hydrogens (tertiary/aromatic N) is 1. The third-order valence-electron chi connectivity index (χ3n) is 4.21. The van der Waals surface area contributed by atoms with Crippen LogP contribution >= 0.6 is 11.8 Å². The quantitative estimate of drug-likeness (QED) is 0.822. The monoisotopic (exact) mass is 274 g/mol. The molecule has 2 nitrogen and oxygen atoms in total. The van der Waals surface area contributed by atoms with Gasteiger partial charge in [0.15, 0.2) is 5.17 Å². The highest BCUT2D eigenvalue weighted by atomic mass is 32.2. The molecule has 0 spiro atoms. The molecule has 0 amide bonds. The predicted octanol–water partition coefficient (Wildman–Crippen LogP) is 4.38. The number of nitrogens with one attached hydrogen (secondary N) is 1. The minimum atomic E-state index is 0.572. The number of amidine groups is 1. The first-order valence-corrected chi connectivity index (χ1v) is 8.26. The smallest absolute Gasteiger partial charge is 0.161 e. The zero-order chi connectivity index (χ0) is 13.2. The zero-order valence-electron chi connectivity index (χ0n) is 11.8. The van der Waals surface area contributed by atoms with Crippen molar-refractivity contribution in [3.05, 3.63) is 29.3 Å². The van der Waals surface area contributed by atoms with Crippen molar-refractivity contribution in [3.8, 4) is 0 Å². The van der Waals surface area contributed by atoms with E-state index in [0.717, 1.165) is 11.1 Å². The van der Waals surface area contributed by atoms with Crippen LogP contribution in [0.15, 0.2) is 23.2 Å². The van der Waals surface area contributed by atoms with E-state index in [0.29, 0.717) is 6.04 Å². The first-order chi connectivity index (χ1) is 9.22. The van der Waals surface area contributed by atoms with E-state index < -0.39 is 0 Å². The summed E-state index contributed by atoms with van der Waals surface area (Å²) >= 11 is 1.90. The molecule has 1 saturated carbocycles. The van der Waals surface area contributed by atoms with Crippen LogP contribution < -0.4 is 5.32 Å². The van der Waals surface area contributed by atoms with Gasteiger partial charge in [-0.2, -0.15) is 0 Å². The van der Waals surface area contributed by atoms with Crippen LogP contribution in [0.2, 0.25) is 0 Å². The third kappa shape index (κ3) is 2.97. The normalized spacial score (nSPS) is 26.5. The van der Waals surface area contributed by atoms with Crippen molar-refractivity contribution in [2.45, 2.75) is 45.6 Å². The third-order valence-corrected chi connectivity index (χ3v) is 5.29. The first-order valence-electron chi connectivity index (χ1n) is 7.27. The van der Waals surface area contributed by atoms with E-state index in [1.807, 2.05) is 11.8 Å². The van der Waals surface area contributed by atoms with Crippen molar-refractivity contribution in [1.29, 1.82) is 0 Å². The van der Waals surface area contributed by atoms with Crippen LogP contribution in [0.25, 0.3) is 0 Å². The summed E-state index contributed by atoms with van der Waals surface area (Å²) in [4.78, 5) is 4.93. The Bertz CT molecular complexity index is 496. The van der Waals surface area contributed by atoms with Crippen LogP contribution in [0.1, 0.15) is 36.8 Å². The van der Waals surface area contributed by atoms with Gasteiger partial charge in [0.05, 0.1) is 6.04 Å². The van der Waals surface area contributed by atoms with Crippen LogP contribution in [0, 0.1) is 19.8 Å². The highest BCUT2D eigenvalue weighted by molar-refractivity contribution is 8.14. The number of hydrogen-bond donors (Lipinski definition) is 1. The molecule has 2 unspecified atom stereocenters. The van der Waals surface area contributed by atoms with Crippen LogP contribution in [-0.2, 0) is 0 Å². The van der Waals surface area contributed by atoms with Gasteiger partial charge in [0.1, 0.15) is 0 Å². The molecule has 1 aromatic rings. The summed E-state index contributed by atoms with van der Waals surface area (Å²) in [6, 6.07) is 7.12. The molecule has 1 aliphatic carbocycles. The lowest BCUT2D eigenvalue weighted by molar-refractivity contribution is 0.336. The van der Waals surface area contributed by atoms with Crippen molar-refractivity contribution in [3.63, 3.8) is 0 Å². The summed E-state index contributed by atoms with van der Waals surface area (Å²) in [5, 5.41) is 4.64. The lowest BCUT2D eigenvalue weighted by Gasteiger charge is -2.32. The van der Waals surface area contributed by atoms with Gasteiger partial charge in [-0.05, 0) is 44.2 Å². The summed E-state index contributed by atoms with van der Waals surface area (Å²) in [7, 11) is 0. The second kappa shape index (κ2) is 5.58. The van der Waals surface area contributed by atoms with Crippen molar-refractivity contribution < 1.29 is 0 Å². The van der Waals surface area contributed by atoms with Gasteiger partial charge >= 0.3 is 0 Å². The first kappa shape index (κ1) is 13.0. The van der Waals surface area contributed by atoms with Gasteiger partial charge in [0.2, 0.25) is 0 Å². The van der Waals surface area contributed by atoms with E-state index in [1.165, 1.54) is 48.3 Å². The molecule has 0 bridgehead atoms. The molecule has 1 heterocycles. The van der Waals surface area contributed by atoms with Gasteiger partial charge in [0, 0.05) is 11.4 Å². The molecule has 1 N–H and O–H groups in total. The van der Waals surface area contributed by atoms with Crippen molar-refractivity contribution in [2.24, 2.45) is 10.9 Å². The fourth-order valence-corrected chi connectivity index (χ4v) is 4.22. The molecular formula is C16H22N2S. The van der Waals surface area contributed by atoms with E-state index in [2.05, 4.69) is 37.4 Å². The summed E-state index contributed by atoms with van der Waals surface area (Å²) < 4.78 is 0. The Morgan fingerprint density at radius 2 is 2.05 bits per heavy atom. The molecule has 3 rings (SSSR count). The Hall–Kier alpha value is -0.960. The number of hydrogen-bond acceptors (Lipinski definition) is 3. The van der Waals surface area contributed by atoms with E-state index in [4.69, 9.17) is 4.99 Å². The minimum Gasteiger partial charge on any atom is -0.335 e. The van der Waals surface area contributed by atoms with Crippen LogP contribution in [-0.4, -0.2) is 17.0 Å². The average Bonchev–Trinajstić information content (AvgIpc) is 2.42. The fourth-order valence-electron chi connectivity index (χ4n) is 3.06. The van der Waals surface area contributed by atoms with Gasteiger partial charge in [-0.25, -0.2) is 0 Å². The molecule has 0 radical (unpaired) electrons. The number of thioether (sulfide) groups is 1. The Morgan fingerprint density at radius 3 is 2.89 bits per heavy atom. The molecule has 1 aliphatic heterocycles. The predicted molar refractivity (Wildman–Crippen MR) is 85.2 cm³/mol. The van der Waals surface area contributed by atoms with Crippen molar-refractivity contribution in [2.75, 3.05) is 11.1 Å². The highest BCUT2D eigenvalue weighted by Gasteiger charge is 2.29. The van der Waals surface area contributed by atoms with Gasteiger partial charge < -0.3 is 5.32 Å². The number of rotatable bonds is 1. The summed E-state index contributed by atoms with van der Waals surface area (Å²) in [5.74, 6) is 2.06. The summed E-state index contributed by atoms with van der Waals surface area (Å²) in [5.41, 5.74) is 3.81. The molecule has 0 saturated heterocycles. The lowest BCUT2D eigenvalue weighted by atomic mass is 9.86. The Morgan fingerprint density at radius 1 is 1.21 bits per heavy atom. The van der Waals surface area contributed by atoms with Crippen molar-refractivity contribution in [1.82, 2.24) is 0 Å². The van der Waals surface area contributed by atoms with Crippen LogP contribution in [0.5, 0.6) is 0 Å². The van der Waals surface area contributed by atoms with E-state index in [1.54, 1.807) is 0 Å². The van der Waals surface area contributed by atoms with Crippen LogP contribution in [0.4, 0.5) is 5.69 Å². The van der Waals surface area contributed by atoms with Crippen molar-refractivity contribution >= 4 is 22.6 Å². The maximum atomic E-state index is 4.93. The molecule has 0 aromatic heterocycles. The fraction of sp³-hybridized carbons (Fsp3) is 0.562. The average molecular weight is 274 g/mol. The lowest BCUT2D eigenvalue weighted by Crippen LogP contribution is -2.31. The number of anilines is 1. The molecule has 102 valence electrons. The standard InChI is InChI=1S/C16H22N2S/c1-11-7-8-14(12(2)9-11)17-16-18-15-6-4-3-5-13(15)10-19-16/h7-9,13,15H,3-6,10H2,1-2H3,(H,17,18). The van der Waals surface area contributed by atoms with E-state index >= 15 is 0 Å². The zero-order valence-corrected chi connectivity index (χ0v) is 12.6. The molecule has 2 atom stereocenters. The molecule has 2 aliphatic rings. The second-order valence-corrected chi connectivity index (χ2v) is 6.81. The van der Waals surface area contributed by atoms with Gasteiger partial charge in [-0.3, -0.25) is 4.99 Å². The van der Waals surface area contributed by atoms with E-state index in [9.17, 15) is 0 Å². The Kier molecular flexibility index (Phi) is 3.83. The number of benzene rings is 1. The summed E-state index contributed by atoms with van der Waals surface area (Å²) in [6.45, 7) is 4.29.